The van der Waals surface area contributed by atoms with E-state index >= 15 is 0 Å². The van der Waals surface area contributed by atoms with Crippen LogP contribution in [-0.2, 0) is 0 Å². The largest absolute Gasteiger partial charge is 0.478 e. The van der Waals surface area contributed by atoms with Gasteiger partial charge in [0, 0.05) is 22.7 Å². The molecular weight excluding hydrogens is 440 g/mol. The molecule has 0 heterocycles. The molecule has 0 amide bonds. The second kappa shape index (κ2) is 15.0. The number of aromatic carboxylic acids is 1. The predicted molar refractivity (Wildman–Crippen MR) is 147 cm³/mol. The molecule has 5 heteroatoms. The van der Waals surface area contributed by atoms with Gasteiger partial charge in [0.1, 0.15) is 0 Å². The molecule has 0 spiro atoms. The third kappa shape index (κ3) is 7.53. The van der Waals surface area contributed by atoms with E-state index in [1.807, 2.05) is 52.1 Å². The lowest BCUT2D eigenvalue weighted by Gasteiger charge is -2.32. The molecule has 1 aliphatic carbocycles. The number of carbonyl (C=O) groups is 1. The maximum absolute atomic E-state index is 11.4. The van der Waals surface area contributed by atoms with Crippen molar-refractivity contribution in [1.29, 1.82) is 5.26 Å². The summed E-state index contributed by atoms with van der Waals surface area (Å²) in [6.07, 6.45) is 10.5. The summed E-state index contributed by atoms with van der Waals surface area (Å²) >= 11 is 1.64. The van der Waals surface area contributed by atoms with Gasteiger partial charge in [-0.2, -0.15) is 5.26 Å². The van der Waals surface area contributed by atoms with Crippen molar-refractivity contribution in [3.05, 3.63) is 71.5 Å². The van der Waals surface area contributed by atoms with Gasteiger partial charge in [0.25, 0.3) is 0 Å². The average Bonchev–Trinajstić information content (AvgIpc) is 2.89. The number of nitrogens with zero attached hydrogens (tertiary/aromatic N) is 2. The maximum Gasteiger partial charge on any atom is 0.335 e. The SMILES string of the molecule is CC.CC.CSc1cc(-c2cccc(C(=O)O)c2)c(C#N)cc1N(CC(C)C)C1=CC=CCC1. The van der Waals surface area contributed by atoms with Gasteiger partial charge in [-0.15, -0.1) is 11.8 Å². The van der Waals surface area contributed by atoms with E-state index in [-0.39, 0.29) is 5.56 Å². The molecular formula is C29H38N2O2S. The number of benzene rings is 2. The van der Waals surface area contributed by atoms with E-state index in [1.54, 1.807) is 30.0 Å². The summed E-state index contributed by atoms with van der Waals surface area (Å²) in [4.78, 5) is 14.8. The maximum atomic E-state index is 11.4. The van der Waals surface area contributed by atoms with Gasteiger partial charge in [0.15, 0.2) is 0 Å². The van der Waals surface area contributed by atoms with Crippen LogP contribution < -0.4 is 4.90 Å². The average molecular weight is 479 g/mol. The van der Waals surface area contributed by atoms with E-state index in [0.29, 0.717) is 11.5 Å². The predicted octanol–water partition coefficient (Wildman–Crippen LogP) is 8.39. The quantitative estimate of drug-likeness (QED) is 0.405. The van der Waals surface area contributed by atoms with Crippen molar-refractivity contribution in [1.82, 2.24) is 0 Å². The van der Waals surface area contributed by atoms with E-state index in [9.17, 15) is 15.2 Å². The first-order valence-electron chi connectivity index (χ1n) is 12.0. The van der Waals surface area contributed by atoms with E-state index in [0.717, 1.165) is 41.1 Å². The zero-order valence-electron chi connectivity index (χ0n) is 21.6. The molecule has 2 aromatic rings. The lowest BCUT2D eigenvalue weighted by Crippen LogP contribution is -2.28. The first-order chi connectivity index (χ1) is 16.4. The van der Waals surface area contributed by atoms with Crippen molar-refractivity contribution < 1.29 is 9.90 Å². The van der Waals surface area contributed by atoms with Gasteiger partial charge in [-0.25, -0.2) is 4.79 Å². The summed E-state index contributed by atoms with van der Waals surface area (Å²) in [5.41, 5.74) is 4.55. The minimum atomic E-state index is -0.975. The Balaban J connectivity index is 0.00000137. The molecule has 0 saturated carbocycles. The minimum Gasteiger partial charge on any atom is -0.478 e. The fourth-order valence-electron chi connectivity index (χ4n) is 3.64. The Morgan fingerprint density at radius 2 is 1.88 bits per heavy atom. The number of allylic oxidation sites excluding steroid dienone is 4. The highest BCUT2D eigenvalue weighted by Crippen LogP contribution is 2.39. The molecule has 0 aromatic heterocycles. The van der Waals surface area contributed by atoms with Crippen LogP contribution in [0.3, 0.4) is 0 Å². The van der Waals surface area contributed by atoms with Gasteiger partial charge in [-0.3, -0.25) is 0 Å². The minimum absolute atomic E-state index is 0.215. The third-order valence-electron chi connectivity index (χ3n) is 5.04. The second-order valence-corrected chi connectivity index (χ2v) is 8.54. The van der Waals surface area contributed by atoms with E-state index < -0.39 is 5.97 Å². The molecule has 1 aliphatic rings. The summed E-state index contributed by atoms with van der Waals surface area (Å²) in [7, 11) is 0. The lowest BCUT2D eigenvalue weighted by atomic mass is 9.97. The Morgan fingerprint density at radius 3 is 2.41 bits per heavy atom. The fraction of sp³-hybridized carbons (Fsp3) is 0.379. The Kier molecular flexibility index (Phi) is 12.8. The number of hydrogen-bond donors (Lipinski definition) is 1. The summed E-state index contributed by atoms with van der Waals surface area (Å²) in [5, 5.41) is 19.2. The number of carboxylic acids is 1. The van der Waals surface area contributed by atoms with Crippen molar-refractivity contribution in [2.24, 2.45) is 5.92 Å². The van der Waals surface area contributed by atoms with Crippen LogP contribution in [0, 0.1) is 17.2 Å². The Morgan fingerprint density at radius 1 is 1.18 bits per heavy atom. The van der Waals surface area contributed by atoms with E-state index in [2.05, 4.69) is 43.0 Å². The molecule has 1 N–H and O–H groups in total. The Labute approximate surface area is 210 Å². The number of rotatable bonds is 7. The third-order valence-corrected chi connectivity index (χ3v) is 5.80. The molecule has 0 radical (unpaired) electrons. The van der Waals surface area contributed by atoms with Crippen molar-refractivity contribution >= 4 is 23.4 Å². The first-order valence-corrected chi connectivity index (χ1v) is 13.3. The van der Waals surface area contributed by atoms with E-state index in [4.69, 9.17) is 0 Å². The van der Waals surface area contributed by atoms with Crippen LogP contribution in [0.5, 0.6) is 0 Å². The Hall–Kier alpha value is -2.97. The van der Waals surface area contributed by atoms with Crippen LogP contribution in [0.25, 0.3) is 11.1 Å². The van der Waals surface area contributed by atoms with Crippen molar-refractivity contribution in [3.8, 4) is 17.2 Å². The lowest BCUT2D eigenvalue weighted by molar-refractivity contribution is 0.0697. The smallest absolute Gasteiger partial charge is 0.335 e. The Bertz CT molecular complexity index is 1050. The van der Waals surface area contributed by atoms with Crippen LogP contribution >= 0.6 is 11.8 Å². The molecule has 0 bridgehead atoms. The van der Waals surface area contributed by atoms with Crippen LogP contribution in [0.2, 0.25) is 0 Å². The summed E-state index contributed by atoms with van der Waals surface area (Å²) < 4.78 is 0. The van der Waals surface area contributed by atoms with E-state index in [1.165, 1.54) is 5.70 Å². The molecule has 34 heavy (non-hydrogen) atoms. The zero-order chi connectivity index (χ0) is 25.7. The van der Waals surface area contributed by atoms with Crippen molar-refractivity contribution in [2.45, 2.75) is 59.3 Å². The second-order valence-electron chi connectivity index (χ2n) is 7.70. The van der Waals surface area contributed by atoms with Crippen LogP contribution in [0.15, 0.2) is 65.2 Å². The molecule has 2 aromatic carbocycles. The van der Waals surface area contributed by atoms with Crippen molar-refractivity contribution in [3.63, 3.8) is 0 Å². The molecule has 0 aliphatic heterocycles. The number of anilines is 1. The van der Waals surface area contributed by atoms with Gasteiger partial charge in [0.2, 0.25) is 0 Å². The fourth-order valence-corrected chi connectivity index (χ4v) is 4.26. The number of nitriles is 1. The summed E-state index contributed by atoms with van der Waals surface area (Å²) in [5.74, 6) is -0.513. The van der Waals surface area contributed by atoms with Gasteiger partial charge in [-0.05, 0) is 60.9 Å². The number of carboxylic acid groups (broad SMARTS) is 1. The highest BCUT2D eigenvalue weighted by molar-refractivity contribution is 7.98. The molecule has 0 unspecified atom stereocenters. The number of hydrogen-bond acceptors (Lipinski definition) is 4. The van der Waals surface area contributed by atoms with Crippen LogP contribution in [0.1, 0.15) is 70.3 Å². The zero-order valence-corrected chi connectivity index (χ0v) is 22.4. The summed E-state index contributed by atoms with van der Waals surface area (Å²) in [6, 6.07) is 13.1. The van der Waals surface area contributed by atoms with Gasteiger partial charge < -0.3 is 10.0 Å². The number of thioether (sulfide) groups is 1. The van der Waals surface area contributed by atoms with Gasteiger partial charge in [0.05, 0.1) is 22.9 Å². The first kappa shape index (κ1) is 29.1. The molecule has 182 valence electrons. The normalized spacial score (nSPS) is 11.9. The highest BCUT2D eigenvalue weighted by atomic mass is 32.2. The molecule has 4 nitrogen and oxygen atoms in total. The molecule has 0 fully saturated rings. The standard InChI is InChI=1S/C25H26N2O2S.2C2H6/c1-17(2)16-27(21-10-5-4-6-11-21)23-13-20(15-26)22(14-24(23)30-3)18-8-7-9-19(12-18)25(28)29;2*1-2/h4-5,7-10,12-14,17H,6,11,16H2,1-3H3,(H,28,29);2*1-2H3. The van der Waals surface area contributed by atoms with Crippen molar-refractivity contribution in [2.75, 3.05) is 17.7 Å². The van der Waals surface area contributed by atoms with Crippen LogP contribution in [0.4, 0.5) is 5.69 Å². The molecule has 0 saturated heterocycles. The van der Waals surface area contributed by atoms with Gasteiger partial charge in [-0.1, -0.05) is 65.8 Å². The topological polar surface area (TPSA) is 64.3 Å². The summed E-state index contributed by atoms with van der Waals surface area (Å²) in [6.45, 7) is 13.3. The highest BCUT2D eigenvalue weighted by Gasteiger charge is 2.20. The monoisotopic (exact) mass is 478 g/mol. The molecule has 0 atom stereocenters. The van der Waals surface area contributed by atoms with Gasteiger partial charge >= 0.3 is 5.97 Å². The van der Waals surface area contributed by atoms with Crippen LogP contribution in [-0.4, -0.2) is 23.9 Å². The molecule has 3 rings (SSSR count).